The molecule has 0 atom stereocenters. The van der Waals surface area contributed by atoms with E-state index in [2.05, 4.69) is 4.72 Å². The summed E-state index contributed by atoms with van der Waals surface area (Å²) in [6.45, 7) is 0.416. The minimum absolute atomic E-state index is 0.0444. The number of sulfonamides is 1. The van der Waals surface area contributed by atoms with E-state index in [1.807, 2.05) is 16.8 Å². The quantitative estimate of drug-likeness (QED) is 0.890. The van der Waals surface area contributed by atoms with Crippen LogP contribution in [0.15, 0.2) is 41.1 Å². The van der Waals surface area contributed by atoms with Gasteiger partial charge in [0.2, 0.25) is 10.0 Å². The summed E-state index contributed by atoms with van der Waals surface area (Å²) in [6, 6.07) is 8.89. The Hall–Kier alpha value is -0.880. The monoisotopic (exact) mass is 315 g/mol. The molecule has 0 amide bonds. The van der Waals surface area contributed by atoms with Crippen LogP contribution < -0.4 is 4.72 Å². The average Bonchev–Trinajstić information content (AvgIpc) is 2.81. The Kier molecular flexibility index (Phi) is 4.99. The molecule has 0 radical (unpaired) electrons. The zero-order valence-corrected chi connectivity index (χ0v) is 12.6. The van der Waals surface area contributed by atoms with Crippen LogP contribution in [0.3, 0.4) is 0 Å². The van der Waals surface area contributed by atoms with Gasteiger partial charge in [-0.25, -0.2) is 13.1 Å². The van der Waals surface area contributed by atoms with Gasteiger partial charge in [0.25, 0.3) is 0 Å². The summed E-state index contributed by atoms with van der Waals surface area (Å²) < 4.78 is 26.4. The van der Waals surface area contributed by atoms with Gasteiger partial charge in [0.05, 0.1) is 5.75 Å². The molecule has 1 heterocycles. The van der Waals surface area contributed by atoms with Gasteiger partial charge >= 0.3 is 0 Å². The number of benzene rings is 1. The molecule has 0 saturated heterocycles. The first-order valence-electron chi connectivity index (χ1n) is 5.78. The van der Waals surface area contributed by atoms with E-state index in [0.717, 1.165) is 5.56 Å². The maximum absolute atomic E-state index is 11.9. The van der Waals surface area contributed by atoms with Crippen LogP contribution in [0.4, 0.5) is 0 Å². The van der Waals surface area contributed by atoms with Crippen LogP contribution in [0.2, 0.25) is 5.02 Å². The molecule has 0 fully saturated rings. The molecule has 2 rings (SSSR count). The SMILES string of the molecule is O=S(=O)(Cc1cccc(Cl)c1)NCCc1ccsc1. The highest BCUT2D eigenvalue weighted by atomic mass is 35.5. The lowest BCUT2D eigenvalue weighted by atomic mass is 10.2. The van der Waals surface area contributed by atoms with Crippen molar-refractivity contribution in [1.29, 1.82) is 0 Å². The van der Waals surface area contributed by atoms with Gasteiger partial charge in [-0.3, -0.25) is 0 Å². The standard InChI is InChI=1S/C13H14ClNO2S2/c14-13-3-1-2-12(8-13)10-19(16,17)15-6-4-11-5-7-18-9-11/h1-3,5,7-9,15H,4,6,10H2. The zero-order valence-electron chi connectivity index (χ0n) is 10.2. The third-order valence-corrected chi connectivity index (χ3v) is 4.89. The Morgan fingerprint density at radius 3 is 2.74 bits per heavy atom. The van der Waals surface area contributed by atoms with Crippen LogP contribution in [0, 0.1) is 0 Å². The minimum atomic E-state index is -3.31. The van der Waals surface area contributed by atoms with Crippen molar-refractivity contribution in [2.24, 2.45) is 0 Å². The normalized spacial score (nSPS) is 11.6. The second-order valence-electron chi connectivity index (χ2n) is 4.16. The van der Waals surface area contributed by atoms with E-state index in [4.69, 9.17) is 11.6 Å². The Labute approximate surface area is 122 Å². The largest absolute Gasteiger partial charge is 0.215 e. The van der Waals surface area contributed by atoms with Crippen molar-refractivity contribution in [3.05, 3.63) is 57.2 Å². The molecule has 0 saturated carbocycles. The highest BCUT2D eigenvalue weighted by Crippen LogP contribution is 2.13. The summed E-state index contributed by atoms with van der Waals surface area (Å²) in [4.78, 5) is 0. The molecule has 6 heteroatoms. The molecule has 3 nitrogen and oxygen atoms in total. The molecule has 0 aliphatic carbocycles. The van der Waals surface area contributed by atoms with Gasteiger partial charge in [-0.05, 0) is 46.5 Å². The molecular weight excluding hydrogens is 302 g/mol. The van der Waals surface area contributed by atoms with Crippen LogP contribution in [0.1, 0.15) is 11.1 Å². The maximum Gasteiger partial charge on any atom is 0.215 e. The molecule has 19 heavy (non-hydrogen) atoms. The summed E-state index contributed by atoms with van der Waals surface area (Å²) in [5.41, 5.74) is 1.84. The minimum Gasteiger partial charge on any atom is -0.215 e. The van der Waals surface area contributed by atoms with Gasteiger partial charge in [0.1, 0.15) is 0 Å². The molecule has 0 spiro atoms. The van der Waals surface area contributed by atoms with E-state index < -0.39 is 10.0 Å². The topological polar surface area (TPSA) is 46.2 Å². The second-order valence-corrected chi connectivity index (χ2v) is 7.19. The van der Waals surface area contributed by atoms with Crippen LogP contribution in [0.25, 0.3) is 0 Å². The summed E-state index contributed by atoms with van der Waals surface area (Å²) in [6.07, 6.45) is 0.707. The van der Waals surface area contributed by atoms with Crippen molar-refractivity contribution in [2.75, 3.05) is 6.54 Å². The van der Waals surface area contributed by atoms with E-state index in [9.17, 15) is 8.42 Å². The average molecular weight is 316 g/mol. The summed E-state index contributed by atoms with van der Waals surface area (Å²) in [7, 11) is -3.31. The lowest BCUT2D eigenvalue weighted by molar-refractivity contribution is 0.581. The van der Waals surface area contributed by atoms with Crippen molar-refractivity contribution < 1.29 is 8.42 Å². The van der Waals surface area contributed by atoms with Crippen LogP contribution in [0.5, 0.6) is 0 Å². The number of halogens is 1. The maximum atomic E-state index is 11.9. The number of hydrogen-bond donors (Lipinski definition) is 1. The van der Waals surface area contributed by atoms with Crippen molar-refractivity contribution in [3.63, 3.8) is 0 Å². The Bertz CT molecular complexity index is 624. The zero-order chi connectivity index (χ0) is 13.7. The van der Waals surface area contributed by atoms with Crippen LogP contribution in [-0.4, -0.2) is 15.0 Å². The molecule has 1 aromatic carbocycles. The molecule has 102 valence electrons. The molecule has 2 aromatic rings. The predicted octanol–water partition coefficient (Wildman–Crippen LogP) is 3.06. The summed E-state index contributed by atoms with van der Waals surface area (Å²) in [5, 5.41) is 4.55. The third-order valence-electron chi connectivity index (χ3n) is 2.56. The first-order chi connectivity index (χ1) is 9.05. The number of nitrogens with one attached hydrogen (secondary N) is 1. The molecule has 1 aromatic heterocycles. The van der Waals surface area contributed by atoms with Crippen LogP contribution in [-0.2, 0) is 22.2 Å². The fraction of sp³-hybridized carbons (Fsp3) is 0.231. The van der Waals surface area contributed by atoms with Crippen molar-refractivity contribution in [2.45, 2.75) is 12.2 Å². The molecule has 0 aliphatic heterocycles. The molecule has 0 bridgehead atoms. The molecule has 0 aliphatic rings. The fourth-order valence-electron chi connectivity index (χ4n) is 1.68. The van der Waals surface area contributed by atoms with E-state index in [-0.39, 0.29) is 5.75 Å². The van der Waals surface area contributed by atoms with Gasteiger partial charge in [-0.15, -0.1) is 0 Å². The van der Waals surface area contributed by atoms with Crippen molar-refractivity contribution >= 4 is 33.0 Å². The molecular formula is C13H14ClNO2S2. The lowest BCUT2D eigenvalue weighted by Crippen LogP contribution is -2.27. The highest BCUT2D eigenvalue weighted by molar-refractivity contribution is 7.88. The molecule has 1 N–H and O–H groups in total. The number of thiophene rings is 1. The second kappa shape index (κ2) is 6.52. The van der Waals surface area contributed by atoms with Gasteiger partial charge in [0, 0.05) is 11.6 Å². The predicted molar refractivity (Wildman–Crippen MR) is 80.1 cm³/mol. The Morgan fingerprint density at radius 1 is 1.21 bits per heavy atom. The van der Waals surface area contributed by atoms with E-state index in [1.54, 1.807) is 35.6 Å². The van der Waals surface area contributed by atoms with Gasteiger partial charge < -0.3 is 0 Å². The third kappa shape index (κ3) is 4.95. The van der Waals surface area contributed by atoms with Crippen molar-refractivity contribution in [1.82, 2.24) is 4.72 Å². The number of rotatable bonds is 6. The first-order valence-corrected chi connectivity index (χ1v) is 8.75. The Balaban J connectivity index is 1.88. The van der Waals surface area contributed by atoms with Gasteiger partial charge in [-0.1, -0.05) is 23.7 Å². The lowest BCUT2D eigenvalue weighted by Gasteiger charge is -2.06. The van der Waals surface area contributed by atoms with Crippen molar-refractivity contribution in [3.8, 4) is 0 Å². The summed E-state index contributed by atoms with van der Waals surface area (Å²) >= 11 is 7.44. The highest BCUT2D eigenvalue weighted by Gasteiger charge is 2.11. The number of hydrogen-bond acceptors (Lipinski definition) is 3. The van der Waals surface area contributed by atoms with Crippen LogP contribution >= 0.6 is 22.9 Å². The van der Waals surface area contributed by atoms with Gasteiger partial charge in [0.15, 0.2) is 0 Å². The smallest absolute Gasteiger partial charge is 0.215 e. The van der Waals surface area contributed by atoms with E-state index in [1.165, 1.54) is 0 Å². The fourth-order valence-corrected chi connectivity index (χ4v) is 3.73. The van der Waals surface area contributed by atoms with E-state index in [0.29, 0.717) is 23.6 Å². The van der Waals surface area contributed by atoms with Gasteiger partial charge in [-0.2, -0.15) is 11.3 Å². The summed E-state index contributed by atoms with van der Waals surface area (Å²) in [5.74, 6) is -0.0444. The van der Waals surface area contributed by atoms with E-state index >= 15 is 0 Å². The Morgan fingerprint density at radius 2 is 2.05 bits per heavy atom. The molecule has 0 unspecified atom stereocenters. The first kappa shape index (κ1) is 14.5.